The second-order valence-corrected chi connectivity index (χ2v) is 6.26. The van der Waals surface area contributed by atoms with Crippen LogP contribution in [0.3, 0.4) is 0 Å². The fraction of sp³-hybridized carbons (Fsp3) is 0.500. The molecule has 1 aliphatic rings. The Morgan fingerprint density at radius 1 is 1.12 bits per heavy atom. The molecule has 0 saturated carbocycles. The van der Waals surface area contributed by atoms with E-state index in [-0.39, 0.29) is 24.5 Å². The van der Waals surface area contributed by atoms with E-state index < -0.39 is 12.1 Å². The first-order valence-electron chi connectivity index (χ1n) is 9.00. The molecule has 0 aromatic heterocycles. The van der Waals surface area contributed by atoms with Crippen LogP contribution in [0.4, 0.5) is 4.79 Å². The Balaban J connectivity index is 2.10. The third-order valence-corrected chi connectivity index (χ3v) is 4.43. The predicted octanol–water partition coefficient (Wildman–Crippen LogP) is 3.71. The Morgan fingerprint density at radius 2 is 1.73 bits per heavy atom. The summed E-state index contributed by atoms with van der Waals surface area (Å²) in [5.41, 5.74) is 1.89. The Labute approximate surface area is 154 Å². The summed E-state index contributed by atoms with van der Waals surface area (Å²) < 4.78 is 16.0. The van der Waals surface area contributed by atoms with Crippen LogP contribution in [0.2, 0.25) is 0 Å². The minimum Gasteiger partial charge on any atom is -0.464 e. The molecule has 1 aromatic rings. The van der Waals surface area contributed by atoms with Crippen LogP contribution >= 0.6 is 0 Å². The molecule has 0 unspecified atom stereocenters. The zero-order chi connectivity index (χ0) is 18.9. The summed E-state index contributed by atoms with van der Waals surface area (Å²) in [5, 5.41) is 2.59. The zero-order valence-electron chi connectivity index (χ0n) is 15.6. The molecule has 142 valence electrons. The Hall–Kier alpha value is -2.34. The van der Waals surface area contributed by atoms with Gasteiger partial charge in [0.25, 0.3) is 0 Å². The van der Waals surface area contributed by atoms with Crippen molar-refractivity contribution in [3.05, 3.63) is 47.2 Å². The molecule has 0 bridgehead atoms. The molecular formula is C20H27NO5. The number of methoxy groups -OCH3 is 1. The van der Waals surface area contributed by atoms with Crippen molar-refractivity contribution >= 4 is 12.1 Å². The number of ether oxygens (including phenoxy) is 3. The van der Waals surface area contributed by atoms with Gasteiger partial charge in [-0.3, -0.25) is 5.32 Å². The quantitative estimate of drug-likeness (QED) is 0.618. The number of benzene rings is 1. The highest BCUT2D eigenvalue weighted by Gasteiger charge is 2.29. The number of esters is 1. The first-order valence-corrected chi connectivity index (χ1v) is 9.00. The summed E-state index contributed by atoms with van der Waals surface area (Å²) in [5.74, 6) is -0.566. The lowest BCUT2D eigenvalue weighted by Crippen LogP contribution is -2.35. The number of hydrogen-bond acceptors (Lipinski definition) is 5. The van der Waals surface area contributed by atoms with Gasteiger partial charge in [-0.05, 0) is 36.8 Å². The number of carbonyl (C=O) groups is 2. The lowest BCUT2D eigenvalue weighted by atomic mass is 9.93. The van der Waals surface area contributed by atoms with Gasteiger partial charge < -0.3 is 14.2 Å². The summed E-state index contributed by atoms with van der Waals surface area (Å²) in [6.45, 7) is 4.22. The van der Waals surface area contributed by atoms with Gasteiger partial charge in [0.15, 0.2) is 0 Å². The van der Waals surface area contributed by atoms with Crippen LogP contribution in [0.25, 0.3) is 0 Å². The van der Waals surface area contributed by atoms with E-state index in [0.717, 1.165) is 24.0 Å². The molecule has 2 atom stereocenters. The Kier molecular flexibility index (Phi) is 7.66. The van der Waals surface area contributed by atoms with Crippen LogP contribution in [0.15, 0.2) is 41.6 Å². The topological polar surface area (TPSA) is 73.9 Å². The molecular weight excluding hydrogens is 334 g/mol. The minimum absolute atomic E-state index is 0.0329. The molecule has 1 amide bonds. The molecule has 0 spiro atoms. The van der Waals surface area contributed by atoms with Crippen molar-refractivity contribution in [2.75, 3.05) is 7.11 Å². The largest absolute Gasteiger partial charge is 0.464 e. The number of rotatable bonds is 6. The van der Waals surface area contributed by atoms with E-state index in [0.29, 0.717) is 12.8 Å². The standard InChI is InChI=1S/C20H27NO5/c1-4-16-11-15(12-17(5-2)26-16)18(19(22)24-3)21-20(23)25-13-14-9-7-6-8-10-14/h6-10,16-17H,4-5,11-13H2,1-3H3,(H,21,23)/t16-,17+. The number of amides is 1. The van der Waals surface area contributed by atoms with Crippen LogP contribution in [0.1, 0.15) is 45.1 Å². The van der Waals surface area contributed by atoms with Gasteiger partial charge in [-0.2, -0.15) is 0 Å². The van der Waals surface area contributed by atoms with Crippen molar-refractivity contribution in [3.63, 3.8) is 0 Å². The number of nitrogens with one attached hydrogen (secondary N) is 1. The monoisotopic (exact) mass is 361 g/mol. The van der Waals surface area contributed by atoms with Gasteiger partial charge in [-0.25, -0.2) is 9.59 Å². The van der Waals surface area contributed by atoms with Gasteiger partial charge in [-0.1, -0.05) is 44.2 Å². The fourth-order valence-corrected chi connectivity index (χ4v) is 2.93. The second kappa shape index (κ2) is 9.97. The Bertz CT molecular complexity index is 627. The summed E-state index contributed by atoms with van der Waals surface area (Å²) in [6.07, 6.45) is 2.26. The SMILES string of the molecule is CC[C@@H]1CC(=C(NC(=O)OCc2ccccc2)C(=O)OC)C[C@H](CC)O1. The summed E-state index contributed by atoms with van der Waals surface area (Å²) in [6, 6.07) is 9.36. The lowest BCUT2D eigenvalue weighted by molar-refractivity contribution is -0.136. The molecule has 1 aliphatic heterocycles. The maximum atomic E-state index is 12.2. The highest BCUT2D eigenvalue weighted by Crippen LogP contribution is 2.29. The smallest absolute Gasteiger partial charge is 0.412 e. The number of alkyl carbamates (subject to hydrolysis) is 1. The Morgan fingerprint density at radius 3 is 2.27 bits per heavy atom. The molecule has 0 aliphatic carbocycles. The average Bonchev–Trinajstić information content (AvgIpc) is 2.70. The second-order valence-electron chi connectivity index (χ2n) is 6.26. The number of hydrogen-bond donors (Lipinski definition) is 1. The lowest BCUT2D eigenvalue weighted by Gasteiger charge is -2.32. The van der Waals surface area contributed by atoms with Crippen molar-refractivity contribution < 1.29 is 23.8 Å². The van der Waals surface area contributed by atoms with Crippen LogP contribution < -0.4 is 5.32 Å². The van der Waals surface area contributed by atoms with Crippen molar-refractivity contribution in [3.8, 4) is 0 Å². The van der Waals surface area contributed by atoms with Crippen molar-refractivity contribution in [1.29, 1.82) is 0 Å². The molecule has 26 heavy (non-hydrogen) atoms. The minimum atomic E-state index is -0.672. The van der Waals surface area contributed by atoms with E-state index in [1.165, 1.54) is 7.11 Å². The maximum Gasteiger partial charge on any atom is 0.412 e. The summed E-state index contributed by atoms with van der Waals surface area (Å²) in [4.78, 5) is 24.4. The van der Waals surface area contributed by atoms with Gasteiger partial charge in [0, 0.05) is 0 Å². The molecule has 1 fully saturated rings. The summed E-state index contributed by atoms with van der Waals surface area (Å²) in [7, 11) is 1.30. The average molecular weight is 361 g/mol. The molecule has 1 heterocycles. The van der Waals surface area contributed by atoms with Crippen molar-refractivity contribution in [2.45, 2.75) is 58.3 Å². The van der Waals surface area contributed by atoms with Crippen LogP contribution in [0.5, 0.6) is 0 Å². The number of carbonyl (C=O) groups excluding carboxylic acids is 2. The van der Waals surface area contributed by atoms with E-state index in [2.05, 4.69) is 5.32 Å². The maximum absolute atomic E-state index is 12.2. The van der Waals surface area contributed by atoms with Gasteiger partial charge in [-0.15, -0.1) is 0 Å². The fourth-order valence-electron chi connectivity index (χ4n) is 2.93. The molecule has 0 radical (unpaired) electrons. The van der Waals surface area contributed by atoms with Gasteiger partial charge in [0.1, 0.15) is 12.3 Å². The van der Waals surface area contributed by atoms with E-state index in [1.54, 1.807) is 0 Å². The molecule has 1 saturated heterocycles. The van der Waals surface area contributed by atoms with Crippen molar-refractivity contribution in [2.24, 2.45) is 0 Å². The normalized spacial score (nSPS) is 21.7. The van der Waals surface area contributed by atoms with Gasteiger partial charge in [0.05, 0.1) is 19.3 Å². The van der Waals surface area contributed by atoms with E-state index in [1.807, 2.05) is 44.2 Å². The van der Waals surface area contributed by atoms with Gasteiger partial charge >= 0.3 is 12.1 Å². The highest BCUT2D eigenvalue weighted by molar-refractivity contribution is 5.93. The highest BCUT2D eigenvalue weighted by atomic mass is 16.6. The molecule has 1 aromatic carbocycles. The van der Waals surface area contributed by atoms with Crippen LogP contribution in [0, 0.1) is 0 Å². The molecule has 2 rings (SSSR count). The first kappa shape index (κ1) is 20.0. The third-order valence-electron chi connectivity index (χ3n) is 4.43. The predicted molar refractivity (Wildman–Crippen MR) is 97.3 cm³/mol. The zero-order valence-corrected chi connectivity index (χ0v) is 15.6. The van der Waals surface area contributed by atoms with Crippen molar-refractivity contribution in [1.82, 2.24) is 5.32 Å². The third kappa shape index (κ3) is 5.59. The first-order chi connectivity index (χ1) is 12.6. The van der Waals surface area contributed by atoms with E-state index in [9.17, 15) is 9.59 Å². The molecule has 6 heteroatoms. The van der Waals surface area contributed by atoms with E-state index in [4.69, 9.17) is 14.2 Å². The van der Waals surface area contributed by atoms with Gasteiger partial charge in [0.2, 0.25) is 0 Å². The molecule has 6 nitrogen and oxygen atoms in total. The van der Waals surface area contributed by atoms with Crippen LogP contribution in [-0.4, -0.2) is 31.4 Å². The van der Waals surface area contributed by atoms with E-state index >= 15 is 0 Å². The molecule has 1 N–H and O–H groups in total. The summed E-state index contributed by atoms with van der Waals surface area (Å²) >= 11 is 0. The van der Waals surface area contributed by atoms with Crippen LogP contribution in [-0.2, 0) is 25.6 Å².